The molecular formula is C70H58Cl2O2P2Pd2+2. The van der Waals surface area contributed by atoms with Crippen molar-refractivity contribution >= 4 is 103 Å². The zero-order valence-electron chi connectivity index (χ0n) is 42.5. The second-order valence-corrected chi connectivity index (χ2v) is 23.9. The predicted molar refractivity (Wildman–Crippen MR) is 334 cm³/mol. The molecule has 0 aliphatic heterocycles. The Labute approximate surface area is 494 Å². The number of hydrogen-bond acceptors (Lipinski definition) is 2. The summed E-state index contributed by atoms with van der Waals surface area (Å²) in [5, 5.41) is 8.61. The monoisotopic (exact) mass is 1270 g/mol. The molecule has 0 atom stereocenters. The van der Waals surface area contributed by atoms with Gasteiger partial charge in [-0.1, -0.05) is 206 Å². The molecule has 2 nitrogen and oxygen atoms in total. The first kappa shape index (κ1) is 62.1. The third kappa shape index (κ3) is 23.5. The molecule has 8 heteroatoms. The van der Waals surface area contributed by atoms with Crippen LogP contribution in [0.5, 0.6) is 0 Å². The second kappa shape index (κ2) is 37.9. The van der Waals surface area contributed by atoms with Gasteiger partial charge in [0, 0.05) is 0 Å². The summed E-state index contributed by atoms with van der Waals surface area (Å²) in [5.74, 6) is -0.273. The van der Waals surface area contributed by atoms with Crippen LogP contribution in [0.2, 0.25) is 0 Å². The van der Waals surface area contributed by atoms with Crippen molar-refractivity contribution in [3.63, 3.8) is 0 Å². The predicted octanol–water partition coefficient (Wildman–Crippen LogP) is 15.3. The molecule has 78 heavy (non-hydrogen) atoms. The van der Waals surface area contributed by atoms with E-state index in [2.05, 4.69) is 194 Å². The molecule has 0 aliphatic rings. The zero-order valence-corrected chi connectivity index (χ0v) is 49.2. The van der Waals surface area contributed by atoms with E-state index in [1.165, 1.54) is 44.0 Å². The fourth-order valence-corrected chi connectivity index (χ4v) is 12.8. The van der Waals surface area contributed by atoms with Gasteiger partial charge < -0.3 is 9.59 Å². The van der Waals surface area contributed by atoms with Gasteiger partial charge in [0.2, 0.25) is 0 Å². The molecule has 0 fully saturated rings. The zero-order chi connectivity index (χ0) is 53.8. The van der Waals surface area contributed by atoms with Crippen molar-refractivity contribution in [2.75, 3.05) is 0 Å². The number of rotatable bonds is 14. The van der Waals surface area contributed by atoms with E-state index in [1.807, 2.05) is 121 Å². The van der Waals surface area contributed by atoms with Crippen LogP contribution in [0.3, 0.4) is 0 Å². The van der Waals surface area contributed by atoms with Crippen LogP contribution in [0.15, 0.2) is 315 Å². The third-order valence-electron chi connectivity index (χ3n) is 11.2. The first-order valence-corrected chi connectivity index (χ1v) is 31.7. The van der Waals surface area contributed by atoms with E-state index < -0.39 is 15.8 Å². The van der Waals surface area contributed by atoms with Gasteiger partial charge in [-0.3, -0.25) is 0 Å². The minimum Gasteiger partial charge on any atom is -0.0620 e. The first-order chi connectivity index (χ1) is 38.0. The van der Waals surface area contributed by atoms with Crippen molar-refractivity contribution < 1.29 is 46.0 Å². The van der Waals surface area contributed by atoms with E-state index in [9.17, 15) is 9.59 Å². The molecule has 10 aromatic rings. The summed E-state index contributed by atoms with van der Waals surface area (Å²) in [5.41, 5.74) is 3.96. The minimum absolute atomic E-state index is 0. The Morgan fingerprint density at radius 2 is 0.462 bits per heavy atom. The van der Waals surface area contributed by atoms with E-state index >= 15 is 0 Å². The molecule has 0 aromatic heterocycles. The molecule has 10 aromatic carbocycles. The van der Waals surface area contributed by atoms with Gasteiger partial charge in [0.25, 0.3) is 0 Å². The topological polar surface area (TPSA) is 34.1 Å². The van der Waals surface area contributed by atoms with Crippen LogP contribution in [0.1, 0.15) is 22.3 Å². The maximum absolute atomic E-state index is 11.6. The van der Waals surface area contributed by atoms with Gasteiger partial charge in [-0.2, -0.15) is 12.2 Å². The van der Waals surface area contributed by atoms with Crippen molar-refractivity contribution in [2.45, 2.75) is 0 Å². The Hall–Kier alpha value is -6.74. The van der Waals surface area contributed by atoms with Gasteiger partial charge in [-0.05, 0) is 83.9 Å². The quantitative estimate of drug-likeness (QED) is 0.0471. The van der Waals surface area contributed by atoms with Gasteiger partial charge in [-0.25, -0.2) is 0 Å². The number of carbonyl (C=O) groups is 2. The molecule has 0 heterocycles. The maximum Gasteiger partial charge on any atom is 2.00 e. The summed E-state index contributed by atoms with van der Waals surface area (Å²) < 4.78 is 0. The van der Waals surface area contributed by atoms with Crippen molar-refractivity contribution in [3.8, 4) is 0 Å². The summed E-state index contributed by atoms with van der Waals surface area (Å²) in [6.45, 7) is 0. The number of carbonyl (C=O) groups excluding carboxylic acids is 2. The molecule has 0 saturated heterocycles. The molecular weight excluding hydrogens is 1220 g/mol. The average Bonchev–Trinajstić information content (AvgIpc) is 3.51. The molecule has 0 N–H and O–H groups in total. The molecule has 0 spiro atoms. The largest absolute Gasteiger partial charge is 2.00 e. The molecule has 10 rings (SSSR count). The molecule has 0 unspecified atom stereocenters. The number of allylic oxidation sites excluding steroid dienone is 4. The molecule has 0 saturated carbocycles. The van der Waals surface area contributed by atoms with Crippen LogP contribution >= 0.6 is 34.9 Å². The summed E-state index contributed by atoms with van der Waals surface area (Å²) in [6.07, 6.45) is 15.4. The summed E-state index contributed by atoms with van der Waals surface area (Å²) in [7, 11) is 7.87. The fourth-order valence-electron chi connectivity index (χ4n) is 7.60. The summed E-state index contributed by atoms with van der Waals surface area (Å²) >= 11 is -0.106. The van der Waals surface area contributed by atoms with E-state index in [1.54, 1.807) is 24.3 Å². The minimum atomic E-state index is -0.877. The maximum atomic E-state index is 11.6. The summed E-state index contributed by atoms with van der Waals surface area (Å²) in [6, 6.07) is 104. The standard InChI is InChI=1S/2C18H15P.2C17H13O.2ClH.2Pd/c2*1-4-10-16(11-5-1)19(17-12-6-2-7-13-17)18-14-8-3-9-15-18;2*18-17(13-11-15-7-3-1-4-8-15)14-12-16-9-5-2-6-10-16;;;;/h2*1-15H;2*1-13H;2*1H;;/q;;2*-1;;;2*+2. The summed E-state index contributed by atoms with van der Waals surface area (Å²) in [4.78, 5) is 23.1. The van der Waals surface area contributed by atoms with Crippen molar-refractivity contribution in [3.05, 3.63) is 350 Å². The molecule has 0 radical (unpaired) electrons. The van der Waals surface area contributed by atoms with Crippen LogP contribution in [0.25, 0.3) is 24.3 Å². The number of hydrogen-bond donors (Lipinski definition) is 0. The van der Waals surface area contributed by atoms with Crippen LogP contribution in [0, 0.1) is 12.2 Å². The van der Waals surface area contributed by atoms with Gasteiger partial charge in [0.1, 0.15) is 31.8 Å². The van der Waals surface area contributed by atoms with Crippen molar-refractivity contribution in [1.82, 2.24) is 0 Å². The molecule has 0 bridgehead atoms. The SMILES string of the molecule is O=C([C-]=Cc1ccccc1)C=Cc1ccccc1.O=C([C-]=Cc1ccccc1)C=Cc1ccccc1.[Cl][Pd][Cl].[Pd+2].c1ccc([PH+](c2ccccc2)c2ccccc2)cc1.c1ccc([PH+](c2ccccc2)c2ccccc2)cc1. The van der Waals surface area contributed by atoms with Crippen molar-refractivity contribution in [2.24, 2.45) is 0 Å². The Morgan fingerprint density at radius 1 is 0.295 bits per heavy atom. The Bertz CT molecular complexity index is 2770. The molecule has 0 amide bonds. The molecule has 0 aliphatic carbocycles. The number of benzene rings is 10. The van der Waals surface area contributed by atoms with Crippen LogP contribution in [-0.2, 0) is 46.0 Å². The fraction of sp³-hybridized carbons (Fsp3) is 0. The van der Waals surface area contributed by atoms with E-state index in [4.69, 9.17) is 19.1 Å². The van der Waals surface area contributed by atoms with Crippen molar-refractivity contribution in [1.29, 1.82) is 0 Å². The first-order valence-electron chi connectivity index (χ1n) is 24.7. The van der Waals surface area contributed by atoms with Gasteiger partial charge in [-0.15, -0.1) is 71.8 Å². The number of ketones is 2. The van der Waals surface area contributed by atoms with Crippen LogP contribution in [0.4, 0.5) is 0 Å². The average molecular weight is 1280 g/mol. The van der Waals surface area contributed by atoms with E-state index in [0.29, 0.717) is 0 Å². The van der Waals surface area contributed by atoms with Gasteiger partial charge in [0.05, 0.1) is 27.4 Å². The third-order valence-corrected chi connectivity index (χ3v) is 16.7. The van der Waals surface area contributed by atoms with Gasteiger partial charge >= 0.3 is 55.4 Å². The van der Waals surface area contributed by atoms with Gasteiger partial charge in [0.15, 0.2) is 0 Å². The van der Waals surface area contributed by atoms with E-state index in [0.717, 1.165) is 22.3 Å². The smallest absolute Gasteiger partial charge is 0.0620 e. The Balaban J connectivity index is 0.000000187. The van der Waals surface area contributed by atoms with E-state index in [-0.39, 0.29) is 47.9 Å². The molecule has 392 valence electrons. The number of halogens is 2. The Morgan fingerprint density at radius 3 is 0.654 bits per heavy atom. The van der Waals surface area contributed by atoms with Crippen LogP contribution in [-0.4, -0.2) is 11.6 Å². The van der Waals surface area contributed by atoms with Crippen LogP contribution < -0.4 is 31.8 Å². The second-order valence-electron chi connectivity index (χ2n) is 16.6. The normalized spacial score (nSPS) is 10.6. The Kier molecular flexibility index (Phi) is 30.2.